The molecule has 0 bridgehead atoms. The lowest BCUT2D eigenvalue weighted by molar-refractivity contribution is 0.0951. The van der Waals surface area contributed by atoms with Crippen molar-refractivity contribution in [1.29, 1.82) is 0 Å². The van der Waals surface area contributed by atoms with E-state index in [0.717, 1.165) is 22.6 Å². The van der Waals surface area contributed by atoms with E-state index in [9.17, 15) is 4.79 Å². The average molecular weight is 370 g/mol. The van der Waals surface area contributed by atoms with Crippen molar-refractivity contribution in [3.05, 3.63) is 102 Å². The number of fused-ring (bicyclic) bond motifs is 1. The summed E-state index contributed by atoms with van der Waals surface area (Å²) in [5.41, 5.74) is 5.91. The van der Waals surface area contributed by atoms with Gasteiger partial charge < -0.3 is 15.0 Å². The molecule has 0 spiro atoms. The van der Waals surface area contributed by atoms with Gasteiger partial charge in [0.05, 0.1) is 18.4 Å². The summed E-state index contributed by atoms with van der Waals surface area (Å²) >= 11 is 0. The fraction of sp³-hybridized carbons (Fsp3) is 0.130. The Kier molecular flexibility index (Phi) is 5.06. The van der Waals surface area contributed by atoms with Crippen LogP contribution in [0.2, 0.25) is 0 Å². The Morgan fingerprint density at radius 3 is 2.57 bits per heavy atom. The summed E-state index contributed by atoms with van der Waals surface area (Å²) in [7, 11) is 0. The van der Waals surface area contributed by atoms with E-state index in [1.807, 2.05) is 67.0 Å². The van der Waals surface area contributed by atoms with Crippen LogP contribution in [0.25, 0.3) is 5.65 Å². The first kappa shape index (κ1) is 17.8. The van der Waals surface area contributed by atoms with Gasteiger partial charge in [0.2, 0.25) is 0 Å². The molecule has 2 heterocycles. The van der Waals surface area contributed by atoms with Crippen molar-refractivity contribution in [3.8, 4) is 0 Å². The maximum atomic E-state index is 12.3. The van der Waals surface area contributed by atoms with Gasteiger partial charge in [0, 0.05) is 24.0 Å². The number of hydrogen-bond acceptors (Lipinski definition) is 3. The summed E-state index contributed by atoms with van der Waals surface area (Å²) in [6.07, 6.45) is 3.92. The fourth-order valence-corrected chi connectivity index (χ4v) is 3.08. The maximum Gasteiger partial charge on any atom is 0.251 e. The topological polar surface area (TPSA) is 58.4 Å². The van der Waals surface area contributed by atoms with Crippen LogP contribution in [-0.4, -0.2) is 15.3 Å². The van der Waals surface area contributed by atoms with Crippen LogP contribution in [0.15, 0.2) is 79.1 Å². The quantitative estimate of drug-likeness (QED) is 0.535. The van der Waals surface area contributed by atoms with Crippen LogP contribution < -0.4 is 10.6 Å². The van der Waals surface area contributed by atoms with Crippen molar-refractivity contribution >= 4 is 17.2 Å². The zero-order chi connectivity index (χ0) is 19.3. The summed E-state index contributed by atoms with van der Waals surface area (Å²) in [4.78, 5) is 16.7. The molecular formula is C23H22N4O. The summed E-state index contributed by atoms with van der Waals surface area (Å²) in [5.74, 6) is -0.0763. The number of amides is 1. The molecular weight excluding hydrogens is 348 g/mol. The minimum atomic E-state index is -0.0763. The van der Waals surface area contributed by atoms with Crippen molar-refractivity contribution in [3.63, 3.8) is 0 Å². The Morgan fingerprint density at radius 2 is 1.79 bits per heavy atom. The van der Waals surface area contributed by atoms with E-state index < -0.39 is 0 Å². The second-order valence-corrected chi connectivity index (χ2v) is 6.78. The molecule has 1 amide bonds. The summed E-state index contributed by atoms with van der Waals surface area (Å²) < 4.78 is 2.07. The van der Waals surface area contributed by atoms with E-state index in [-0.39, 0.29) is 5.91 Å². The Hall–Kier alpha value is -3.60. The van der Waals surface area contributed by atoms with E-state index in [1.54, 1.807) is 0 Å². The zero-order valence-corrected chi connectivity index (χ0v) is 15.7. The number of hydrogen-bond donors (Lipinski definition) is 2. The van der Waals surface area contributed by atoms with Crippen LogP contribution >= 0.6 is 0 Å². The van der Waals surface area contributed by atoms with Crippen molar-refractivity contribution in [1.82, 2.24) is 14.7 Å². The second-order valence-electron chi connectivity index (χ2n) is 6.78. The molecule has 0 atom stereocenters. The number of aryl methyl sites for hydroxylation is 1. The molecule has 2 aromatic carbocycles. The van der Waals surface area contributed by atoms with E-state index in [0.29, 0.717) is 18.7 Å². The molecule has 0 fully saturated rings. The van der Waals surface area contributed by atoms with E-state index in [4.69, 9.17) is 0 Å². The molecule has 4 aromatic rings. The minimum Gasteiger partial charge on any atom is -0.379 e. The molecule has 0 saturated heterocycles. The van der Waals surface area contributed by atoms with Gasteiger partial charge in [-0.2, -0.15) is 0 Å². The lowest BCUT2D eigenvalue weighted by atomic mass is 10.1. The van der Waals surface area contributed by atoms with E-state index in [1.165, 1.54) is 5.56 Å². The average Bonchev–Trinajstić information content (AvgIpc) is 3.13. The molecule has 0 aliphatic heterocycles. The second kappa shape index (κ2) is 7.96. The third-order valence-corrected chi connectivity index (χ3v) is 4.66. The van der Waals surface area contributed by atoms with Gasteiger partial charge in [-0.1, -0.05) is 30.3 Å². The minimum absolute atomic E-state index is 0.0763. The lowest BCUT2D eigenvalue weighted by Crippen LogP contribution is -2.22. The van der Waals surface area contributed by atoms with Crippen LogP contribution in [0.1, 0.15) is 27.2 Å². The smallest absolute Gasteiger partial charge is 0.251 e. The highest BCUT2D eigenvalue weighted by atomic mass is 16.1. The molecule has 0 aliphatic rings. The first-order chi connectivity index (χ1) is 13.7. The number of imidazole rings is 1. The number of nitrogens with zero attached hydrogens (tertiary/aromatic N) is 2. The molecule has 0 unspecified atom stereocenters. The molecule has 2 aromatic heterocycles. The van der Waals surface area contributed by atoms with Crippen LogP contribution in [0.5, 0.6) is 0 Å². The first-order valence-corrected chi connectivity index (χ1v) is 9.28. The molecule has 5 heteroatoms. The van der Waals surface area contributed by atoms with Crippen molar-refractivity contribution in [2.75, 3.05) is 5.32 Å². The Balaban J connectivity index is 1.35. The van der Waals surface area contributed by atoms with Gasteiger partial charge in [-0.25, -0.2) is 4.98 Å². The molecule has 4 rings (SSSR count). The molecule has 0 saturated carbocycles. The Morgan fingerprint density at radius 1 is 1.00 bits per heavy atom. The first-order valence-electron chi connectivity index (χ1n) is 9.28. The number of nitrogens with one attached hydrogen (secondary N) is 2. The third kappa shape index (κ3) is 4.04. The van der Waals surface area contributed by atoms with Gasteiger partial charge in [-0.05, 0) is 54.4 Å². The van der Waals surface area contributed by atoms with E-state index >= 15 is 0 Å². The standard InChI is InChI=1S/C23H22N4O/c1-17-11-12-27-21(16-25-22(27)13-17)15-24-20-9-7-19(8-10-20)23(28)26-14-18-5-3-2-4-6-18/h2-13,16,24H,14-15H2,1H3,(H,26,28). The molecule has 2 N–H and O–H groups in total. The molecule has 5 nitrogen and oxygen atoms in total. The number of benzene rings is 2. The maximum absolute atomic E-state index is 12.3. The lowest BCUT2D eigenvalue weighted by Gasteiger charge is -2.09. The summed E-state index contributed by atoms with van der Waals surface area (Å²) in [6, 6.07) is 21.5. The molecule has 0 aliphatic carbocycles. The van der Waals surface area contributed by atoms with E-state index in [2.05, 4.69) is 39.1 Å². The van der Waals surface area contributed by atoms with Gasteiger partial charge in [0.15, 0.2) is 0 Å². The van der Waals surface area contributed by atoms with Gasteiger partial charge >= 0.3 is 0 Å². The summed E-state index contributed by atoms with van der Waals surface area (Å²) in [5, 5.41) is 6.33. The highest BCUT2D eigenvalue weighted by Crippen LogP contribution is 2.14. The number of pyridine rings is 1. The van der Waals surface area contributed by atoms with Crippen LogP contribution in [0.3, 0.4) is 0 Å². The number of rotatable bonds is 6. The highest BCUT2D eigenvalue weighted by Gasteiger charge is 2.06. The van der Waals surface area contributed by atoms with Crippen molar-refractivity contribution < 1.29 is 4.79 Å². The number of aromatic nitrogens is 2. The summed E-state index contributed by atoms with van der Waals surface area (Å²) in [6.45, 7) is 3.24. The van der Waals surface area contributed by atoms with Gasteiger partial charge in [0.1, 0.15) is 5.65 Å². The highest BCUT2D eigenvalue weighted by molar-refractivity contribution is 5.94. The SMILES string of the molecule is Cc1ccn2c(CNc3ccc(C(=O)NCc4ccccc4)cc3)cnc2c1. The fourth-order valence-electron chi connectivity index (χ4n) is 3.08. The van der Waals surface area contributed by atoms with Crippen LogP contribution in [0, 0.1) is 6.92 Å². The van der Waals surface area contributed by atoms with Crippen LogP contribution in [0.4, 0.5) is 5.69 Å². The normalized spacial score (nSPS) is 10.8. The van der Waals surface area contributed by atoms with Crippen molar-refractivity contribution in [2.45, 2.75) is 20.0 Å². The monoisotopic (exact) mass is 370 g/mol. The van der Waals surface area contributed by atoms with Gasteiger partial charge in [-0.15, -0.1) is 0 Å². The van der Waals surface area contributed by atoms with Gasteiger partial charge in [-0.3, -0.25) is 4.79 Å². The Labute approximate surface area is 164 Å². The number of anilines is 1. The van der Waals surface area contributed by atoms with Crippen LogP contribution in [-0.2, 0) is 13.1 Å². The largest absolute Gasteiger partial charge is 0.379 e. The molecule has 140 valence electrons. The zero-order valence-electron chi connectivity index (χ0n) is 15.7. The third-order valence-electron chi connectivity index (χ3n) is 4.66. The molecule has 0 radical (unpaired) electrons. The van der Waals surface area contributed by atoms with Gasteiger partial charge in [0.25, 0.3) is 5.91 Å². The predicted molar refractivity (Wildman–Crippen MR) is 111 cm³/mol. The number of carbonyl (C=O) groups excluding carboxylic acids is 1. The number of carbonyl (C=O) groups is 1. The van der Waals surface area contributed by atoms with Crippen molar-refractivity contribution in [2.24, 2.45) is 0 Å². The predicted octanol–water partition coefficient (Wildman–Crippen LogP) is 4.18. The Bertz CT molecular complexity index is 1080. The molecule has 28 heavy (non-hydrogen) atoms.